The summed E-state index contributed by atoms with van der Waals surface area (Å²) in [6, 6.07) is 8.03. The Morgan fingerprint density at radius 3 is 2.79 bits per heavy atom. The Morgan fingerprint density at radius 2 is 2.00 bits per heavy atom. The first-order valence-electron chi connectivity index (χ1n) is 6.22. The number of rotatable bonds is 3. The van der Waals surface area contributed by atoms with Gasteiger partial charge in [0.15, 0.2) is 5.82 Å². The first-order valence-corrected chi connectivity index (χ1v) is 6.22. The van der Waals surface area contributed by atoms with E-state index in [1.165, 1.54) is 0 Å². The van der Waals surface area contributed by atoms with Crippen molar-refractivity contribution < 1.29 is 0 Å². The number of para-hydroxylation sites is 2. The van der Waals surface area contributed by atoms with Gasteiger partial charge in [0.1, 0.15) is 5.69 Å². The second kappa shape index (κ2) is 4.78. The molecule has 2 heterocycles. The molecular weight excluding hydrogens is 238 g/mol. The van der Waals surface area contributed by atoms with E-state index in [1.807, 2.05) is 35.9 Å². The lowest BCUT2D eigenvalue weighted by atomic mass is 10.3. The number of aromatic nitrogens is 4. The Balaban J connectivity index is 2.13. The molecule has 0 saturated heterocycles. The van der Waals surface area contributed by atoms with E-state index in [4.69, 9.17) is 5.73 Å². The van der Waals surface area contributed by atoms with E-state index in [2.05, 4.69) is 15.0 Å². The molecule has 0 saturated carbocycles. The Morgan fingerprint density at radius 1 is 1.16 bits per heavy atom. The van der Waals surface area contributed by atoms with Crippen LogP contribution < -0.4 is 5.73 Å². The van der Waals surface area contributed by atoms with Crippen molar-refractivity contribution >= 4 is 11.0 Å². The molecule has 2 aromatic heterocycles. The van der Waals surface area contributed by atoms with Crippen molar-refractivity contribution in [2.75, 3.05) is 6.54 Å². The normalized spacial score (nSPS) is 11.1. The molecule has 0 spiro atoms. The molecule has 19 heavy (non-hydrogen) atoms. The van der Waals surface area contributed by atoms with E-state index < -0.39 is 0 Å². The van der Waals surface area contributed by atoms with E-state index in [9.17, 15) is 0 Å². The van der Waals surface area contributed by atoms with Gasteiger partial charge in [0.2, 0.25) is 0 Å². The summed E-state index contributed by atoms with van der Waals surface area (Å²) in [5.41, 5.74) is 9.28. The first kappa shape index (κ1) is 11.8. The van der Waals surface area contributed by atoms with Crippen LogP contribution in [-0.2, 0) is 13.5 Å². The molecule has 1 aromatic carbocycles. The largest absolute Gasteiger partial charge is 0.330 e. The summed E-state index contributed by atoms with van der Waals surface area (Å²) in [5.74, 6) is 0.826. The molecule has 0 fully saturated rings. The lowest BCUT2D eigenvalue weighted by Crippen LogP contribution is -2.06. The number of aryl methyl sites for hydroxylation is 1. The molecule has 0 radical (unpaired) electrons. The van der Waals surface area contributed by atoms with Crippen LogP contribution in [0.25, 0.3) is 22.6 Å². The predicted octanol–water partition coefficient (Wildman–Crippen LogP) is 1.53. The lowest BCUT2D eigenvalue weighted by Gasteiger charge is -2.03. The molecule has 5 nitrogen and oxygen atoms in total. The number of imidazole rings is 1. The molecule has 0 amide bonds. The second-order valence-electron chi connectivity index (χ2n) is 4.42. The number of benzene rings is 1. The van der Waals surface area contributed by atoms with Crippen LogP contribution in [0.15, 0.2) is 36.7 Å². The van der Waals surface area contributed by atoms with Crippen LogP contribution in [0.1, 0.15) is 5.69 Å². The van der Waals surface area contributed by atoms with Gasteiger partial charge < -0.3 is 10.3 Å². The summed E-state index contributed by atoms with van der Waals surface area (Å²) >= 11 is 0. The molecule has 0 unspecified atom stereocenters. The van der Waals surface area contributed by atoms with Crippen molar-refractivity contribution in [2.45, 2.75) is 6.42 Å². The molecular formula is C14H15N5. The van der Waals surface area contributed by atoms with E-state index in [-0.39, 0.29) is 0 Å². The minimum absolute atomic E-state index is 0.570. The Bertz CT molecular complexity index is 717. The average molecular weight is 253 g/mol. The third kappa shape index (κ3) is 2.08. The Labute approximate surface area is 111 Å². The average Bonchev–Trinajstić information content (AvgIpc) is 2.78. The summed E-state index contributed by atoms with van der Waals surface area (Å²) in [4.78, 5) is 13.4. The minimum atomic E-state index is 0.570. The molecule has 0 aliphatic heterocycles. The van der Waals surface area contributed by atoms with Gasteiger partial charge in [-0.2, -0.15) is 0 Å². The first-order chi connectivity index (χ1) is 9.29. The highest BCUT2D eigenvalue weighted by atomic mass is 15.1. The van der Waals surface area contributed by atoms with Gasteiger partial charge in [0, 0.05) is 19.7 Å². The van der Waals surface area contributed by atoms with Gasteiger partial charge in [-0.25, -0.2) is 9.97 Å². The van der Waals surface area contributed by atoms with Gasteiger partial charge in [0.05, 0.1) is 22.9 Å². The van der Waals surface area contributed by atoms with Crippen molar-refractivity contribution in [3.63, 3.8) is 0 Å². The fourth-order valence-electron chi connectivity index (χ4n) is 2.16. The topological polar surface area (TPSA) is 69.6 Å². The number of hydrogen-bond acceptors (Lipinski definition) is 4. The van der Waals surface area contributed by atoms with Crippen LogP contribution in [0.2, 0.25) is 0 Å². The molecule has 3 aromatic rings. The summed E-state index contributed by atoms with van der Waals surface area (Å²) in [6.45, 7) is 0.570. The second-order valence-corrected chi connectivity index (χ2v) is 4.42. The SMILES string of the molecule is Cn1c(-c2cncc(CCN)n2)nc2ccccc21. The fraction of sp³-hybridized carbons (Fsp3) is 0.214. The van der Waals surface area contributed by atoms with Crippen molar-refractivity contribution in [1.82, 2.24) is 19.5 Å². The summed E-state index contributed by atoms with van der Waals surface area (Å²) in [6.07, 6.45) is 4.21. The van der Waals surface area contributed by atoms with Crippen LogP contribution in [0, 0.1) is 0 Å². The van der Waals surface area contributed by atoms with Crippen LogP contribution >= 0.6 is 0 Å². The maximum Gasteiger partial charge on any atom is 0.161 e. The smallest absolute Gasteiger partial charge is 0.161 e. The summed E-state index contributed by atoms with van der Waals surface area (Å²) < 4.78 is 2.03. The zero-order valence-corrected chi connectivity index (χ0v) is 10.7. The standard InChI is InChI=1S/C14H15N5/c1-19-13-5-3-2-4-11(13)18-14(19)12-9-16-8-10(17-12)6-7-15/h2-5,8-9H,6-7,15H2,1H3. The number of hydrogen-bond donors (Lipinski definition) is 1. The van der Waals surface area contributed by atoms with Crippen LogP contribution in [0.3, 0.4) is 0 Å². The summed E-state index contributed by atoms with van der Waals surface area (Å²) in [7, 11) is 1.99. The number of nitrogens with two attached hydrogens (primary N) is 1. The minimum Gasteiger partial charge on any atom is -0.330 e. The number of fused-ring (bicyclic) bond motifs is 1. The predicted molar refractivity (Wildman–Crippen MR) is 74.5 cm³/mol. The van der Waals surface area contributed by atoms with Gasteiger partial charge in [-0.3, -0.25) is 4.98 Å². The summed E-state index contributed by atoms with van der Waals surface area (Å²) in [5, 5.41) is 0. The fourth-order valence-corrected chi connectivity index (χ4v) is 2.16. The van der Waals surface area contributed by atoms with Crippen molar-refractivity contribution in [1.29, 1.82) is 0 Å². The Hall–Kier alpha value is -2.27. The molecule has 2 N–H and O–H groups in total. The van der Waals surface area contributed by atoms with Gasteiger partial charge in [-0.15, -0.1) is 0 Å². The maximum absolute atomic E-state index is 5.55. The van der Waals surface area contributed by atoms with Crippen LogP contribution in [0.4, 0.5) is 0 Å². The highest BCUT2D eigenvalue weighted by Gasteiger charge is 2.11. The van der Waals surface area contributed by atoms with Crippen molar-refractivity contribution in [3.05, 3.63) is 42.4 Å². The third-order valence-corrected chi connectivity index (χ3v) is 3.10. The van der Waals surface area contributed by atoms with E-state index in [0.717, 1.165) is 34.7 Å². The van der Waals surface area contributed by atoms with E-state index >= 15 is 0 Å². The lowest BCUT2D eigenvalue weighted by molar-refractivity contribution is 0.894. The highest BCUT2D eigenvalue weighted by molar-refractivity contribution is 5.79. The molecule has 3 rings (SSSR count). The van der Waals surface area contributed by atoms with Gasteiger partial charge in [-0.05, 0) is 18.7 Å². The zero-order valence-electron chi connectivity index (χ0n) is 10.7. The van der Waals surface area contributed by atoms with Gasteiger partial charge >= 0.3 is 0 Å². The van der Waals surface area contributed by atoms with E-state index in [0.29, 0.717) is 6.54 Å². The molecule has 0 atom stereocenters. The molecule has 0 aliphatic carbocycles. The maximum atomic E-state index is 5.55. The molecule has 5 heteroatoms. The zero-order chi connectivity index (χ0) is 13.2. The monoisotopic (exact) mass is 253 g/mol. The van der Waals surface area contributed by atoms with Crippen LogP contribution in [-0.4, -0.2) is 26.1 Å². The highest BCUT2D eigenvalue weighted by Crippen LogP contribution is 2.21. The molecule has 96 valence electrons. The van der Waals surface area contributed by atoms with E-state index in [1.54, 1.807) is 12.4 Å². The van der Waals surface area contributed by atoms with Gasteiger partial charge in [-0.1, -0.05) is 12.1 Å². The van der Waals surface area contributed by atoms with Crippen LogP contribution in [0.5, 0.6) is 0 Å². The van der Waals surface area contributed by atoms with Crippen molar-refractivity contribution in [3.8, 4) is 11.5 Å². The molecule has 0 aliphatic rings. The molecule has 0 bridgehead atoms. The Kier molecular flexibility index (Phi) is 2.97. The van der Waals surface area contributed by atoms with Crippen molar-refractivity contribution in [2.24, 2.45) is 12.8 Å². The van der Waals surface area contributed by atoms with Gasteiger partial charge in [0.25, 0.3) is 0 Å². The third-order valence-electron chi connectivity index (χ3n) is 3.10. The number of nitrogens with zero attached hydrogens (tertiary/aromatic N) is 4. The quantitative estimate of drug-likeness (QED) is 0.768.